The monoisotopic (exact) mass is 502 g/mol. The second-order valence-corrected chi connectivity index (χ2v) is 10.3. The molecule has 186 valence electrons. The predicted octanol–water partition coefficient (Wildman–Crippen LogP) is 5.36. The number of halogens is 1. The first-order valence-corrected chi connectivity index (χ1v) is 12.0. The van der Waals surface area contributed by atoms with Crippen LogP contribution in [-0.2, 0) is 4.74 Å². The predicted molar refractivity (Wildman–Crippen MR) is 130 cm³/mol. The lowest BCUT2D eigenvalue weighted by molar-refractivity contribution is 0.0127. The van der Waals surface area contributed by atoms with Crippen molar-refractivity contribution in [2.45, 2.75) is 52.2 Å². The SMILES string of the molecule is Cc1c(C(=O)O)sc2ncnc(Nc3ccc(F)cc3OC3CCN(C(=O)OC(C)(C)C)CC3)c12. The fourth-order valence-electron chi connectivity index (χ4n) is 3.86. The Bertz CT molecular complexity index is 1260. The van der Waals surface area contributed by atoms with E-state index in [4.69, 9.17) is 9.47 Å². The standard InChI is InChI=1S/C24H27FN4O5S/c1-13-18-20(26-12-27-21(18)35-19(13)22(30)31)28-16-6-5-14(25)11-17(16)33-15-7-9-29(10-8-15)23(32)34-24(2,3)4/h5-6,11-12,15H,7-10H2,1-4H3,(H,30,31)(H,26,27,28). The minimum atomic E-state index is -1.03. The van der Waals surface area contributed by atoms with E-state index < -0.39 is 17.4 Å². The molecule has 0 unspecified atom stereocenters. The third-order valence-electron chi connectivity index (χ3n) is 5.51. The van der Waals surface area contributed by atoms with Crippen molar-refractivity contribution in [2.24, 2.45) is 0 Å². The number of aromatic nitrogens is 2. The molecular weight excluding hydrogens is 475 g/mol. The maximum absolute atomic E-state index is 14.1. The van der Waals surface area contributed by atoms with E-state index in [1.54, 1.807) is 17.9 Å². The number of carboxylic acids is 1. The number of nitrogens with one attached hydrogen (secondary N) is 1. The van der Waals surface area contributed by atoms with Gasteiger partial charge in [0.25, 0.3) is 0 Å². The van der Waals surface area contributed by atoms with E-state index in [1.165, 1.54) is 18.5 Å². The number of hydrogen-bond donors (Lipinski definition) is 2. The first kappa shape index (κ1) is 24.6. The van der Waals surface area contributed by atoms with Gasteiger partial charge in [0.15, 0.2) is 0 Å². The summed E-state index contributed by atoms with van der Waals surface area (Å²) in [6.07, 6.45) is 1.91. The Morgan fingerprint density at radius 2 is 1.94 bits per heavy atom. The van der Waals surface area contributed by atoms with Gasteiger partial charge in [-0.25, -0.2) is 23.9 Å². The Morgan fingerprint density at radius 1 is 1.23 bits per heavy atom. The van der Waals surface area contributed by atoms with Gasteiger partial charge in [0, 0.05) is 32.0 Å². The molecule has 4 rings (SSSR count). The topological polar surface area (TPSA) is 114 Å². The quantitative estimate of drug-likeness (QED) is 0.479. The van der Waals surface area contributed by atoms with Crippen LogP contribution in [0.1, 0.15) is 48.8 Å². The molecule has 0 saturated carbocycles. The van der Waals surface area contributed by atoms with E-state index in [1.807, 2.05) is 20.8 Å². The number of aryl methyl sites for hydroxylation is 1. The number of amides is 1. The van der Waals surface area contributed by atoms with E-state index in [9.17, 15) is 19.1 Å². The zero-order chi connectivity index (χ0) is 25.3. The van der Waals surface area contributed by atoms with Crippen molar-refractivity contribution in [1.82, 2.24) is 14.9 Å². The number of aromatic carboxylic acids is 1. The Balaban J connectivity index is 1.51. The number of ether oxygens (including phenoxy) is 2. The van der Waals surface area contributed by atoms with Gasteiger partial charge in [-0.2, -0.15) is 0 Å². The summed E-state index contributed by atoms with van der Waals surface area (Å²) in [6.45, 7) is 8.12. The zero-order valence-electron chi connectivity index (χ0n) is 19.9. The summed E-state index contributed by atoms with van der Waals surface area (Å²) in [6, 6.07) is 4.15. The Morgan fingerprint density at radius 3 is 2.60 bits per heavy atom. The van der Waals surface area contributed by atoms with Crippen LogP contribution in [0.25, 0.3) is 10.2 Å². The first-order chi connectivity index (χ1) is 16.5. The number of hydrogen-bond acceptors (Lipinski definition) is 8. The van der Waals surface area contributed by atoms with Gasteiger partial charge in [0.05, 0.1) is 11.1 Å². The van der Waals surface area contributed by atoms with Crippen LogP contribution in [0.15, 0.2) is 24.5 Å². The summed E-state index contributed by atoms with van der Waals surface area (Å²) in [5.74, 6) is -0.768. The fraction of sp³-hybridized carbons (Fsp3) is 0.417. The van der Waals surface area contributed by atoms with Crippen molar-refractivity contribution in [2.75, 3.05) is 18.4 Å². The summed E-state index contributed by atoms with van der Waals surface area (Å²) in [7, 11) is 0. The van der Waals surface area contributed by atoms with Crippen LogP contribution < -0.4 is 10.1 Å². The van der Waals surface area contributed by atoms with Crippen molar-refractivity contribution in [3.05, 3.63) is 40.8 Å². The molecule has 9 nitrogen and oxygen atoms in total. The average molecular weight is 503 g/mol. The number of carboxylic acid groups (broad SMARTS) is 1. The third kappa shape index (κ3) is 5.61. The van der Waals surface area contributed by atoms with Gasteiger partial charge in [-0.05, 0) is 45.4 Å². The molecule has 1 amide bonds. The molecule has 0 radical (unpaired) electrons. The van der Waals surface area contributed by atoms with Crippen LogP contribution in [0.4, 0.5) is 20.7 Å². The molecule has 35 heavy (non-hydrogen) atoms. The minimum Gasteiger partial charge on any atom is -0.488 e. The van der Waals surface area contributed by atoms with Gasteiger partial charge in [-0.15, -0.1) is 11.3 Å². The smallest absolute Gasteiger partial charge is 0.410 e. The van der Waals surface area contributed by atoms with Gasteiger partial charge < -0.3 is 24.8 Å². The molecule has 1 aromatic carbocycles. The van der Waals surface area contributed by atoms with Crippen LogP contribution in [0.3, 0.4) is 0 Å². The summed E-state index contributed by atoms with van der Waals surface area (Å²) < 4.78 is 25.7. The number of carbonyl (C=O) groups is 2. The maximum atomic E-state index is 14.1. The lowest BCUT2D eigenvalue weighted by atomic mass is 10.1. The normalized spacial score (nSPS) is 14.7. The third-order valence-corrected chi connectivity index (χ3v) is 6.69. The minimum absolute atomic E-state index is 0.191. The van der Waals surface area contributed by atoms with E-state index in [-0.39, 0.29) is 17.1 Å². The summed E-state index contributed by atoms with van der Waals surface area (Å²) in [5.41, 5.74) is 0.480. The lowest BCUT2D eigenvalue weighted by Crippen LogP contribution is -2.44. The molecule has 2 N–H and O–H groups in total. The number of piperidine rings is 1. The largest absolute Gasteiger partial charge is 0.488 e. The Kier molecular flexibility index (Phi) is 6.79. The van der Waals surface area contributed by atoms with Gasteiger partial charge in [0.2, 0.25) is 0 Å². The second kappa shape index (κ2) is 9.65. The van der Waals surface area contributed by atoms with Gasteiger partial charge in [-0.3, -0.25) is 0 Å². The first-order valence-electron chi connectivity index (χ1n) is 11.2. The molecule has 0 bridgehead atoms. The molecule has 1 fully saturated rings. The number of thiophene rings is 1. The van der Waals surface area contributed by atoms with Crippen LogP contribution >= 0.6 is 11.3 Å². The Hall–Kier alpha value is -3.47. The van der Waals surface area contributed by atoms with Crippen molar-refractivity contribution in [1.29, 1.82) is 0 Å². The van der Waals surface area contributed by atoms with Crippen LogP contribution in [0.5, 0.6) is 5.75 Å². The number of rotatable bonds is 5. The molecule has 0 aliphatic carbocycles. The maximum Gasteiger partial charge on any atom is 0.410 e. The molecule has 2 aromatic heterocycles. The number of benzene rings is 1. The number of likely N-dealkylation sites (tertiary alicyclic amines) is 1. The van der Waals surface area contributed by atoms with Gasteiger partial charge in [0.1, 0.15) is 45.1 Å². The molecule has 0 atom stereocenters. The summed E-state index contributed by atoms with van der Waals surface area (Å²) in [5, 5.41) is 13.2. The molecule has 1 aliphatic rings. The number of nitrogens with zero attached hydrogens (tertiary/aromatic N) is 3. The highest BCUT2D eigenvalue weighted by molar-refractivity contribution is 7.20. The van der Waals surface area contributed by atoms with Crippen LogP contribution in [-0.4, -0.2) is 56.8 Å². The number of fused-ring (bicyclic) bond motifs is 1. The van der Waals surface area contributed by atoms with E-state index in [2.05, 4.69) is 15.3 Å². The molecule has 3 aromatic rings. The highest BCUT2D eigenvalue weighted by Gasteiger charge is 2.28. The van der Waals surface area contributed by atoms with Crippen molar-refractivity contribution in [3.8, 4) is 5.75 Å². The van der Waals surface area contributed by atoms with Crippen LogP contribution in [0.2, 0.25) is 0 Å². The van der Waals surface area contributed by atoms with Crippen LogP contribution in [0, 0.1) is 12.7 Å². The van der Waals surface area contributed by atoms with Crippen molar-refractivity contribution >= 4 is 45.1 Å². The van der Waals surface area contributed by atoms with Crippen molar-refractivity contribution < 1.29 is 28.6 Å². The molecule has 1 aliphatic heterocycles. The summed E-state index contributed by atoms with van der Waals surface area (Å²) >= 11 is 1.07. The van der Waals surface area contributed by atoms with E-state index in [0.717, 1.165) is 11.3 Å². The highest BCUT2D eigenvalue weighted by Crippen LogP contribution is 2.37. The number of carbonyl (C=O) groups excluding carboxylic acids is 1. The lowest BCUT2D eigenvalue weighted by Gasteiger charge is -2.33. The van der Waals surface area contributed by atoms with Gasteiger partial charge in [-0.1, -0.05) is 0 Å². The van der Waals surface area contributed by atoms with Gasteiger partial charge >= 0.3 is 12.1 Å². The summed E-state index contributed by atoms with van der Waals surface area (Å²) in [4.78, 5) is 34.7. The fourth-order valence-corrected chi connectivity index (χ4v) is 4.84. The van der Waals surface area contributed by atoms with E-state index in [0.29, 0.717) is 59.0 Å². The zero-order valence-corrected chi connectivity index (χ0v) is 20.7. The molecule has 3 heterocycles. The van der Waals surface area contributed by atoms with Crippen molar-refractivity contribution in [3.63, 3.8) is 0 Å². The average Bonchev–Trinajstić information content (AvgIpc) is 3.13. The number of anilines is 2. The van der Waals surface area contributed by atoms with E-state index >= 15 is 0 Å². The Labute approximate surface area is 205 Å². The highest BCUT2D eigenvalue weighted by atomic mass is 32.1. The second-order valence-electron chi connectivity index (χ2n) is 9.31. The molecule has 11 heteroatoms. The molecule has 0 spiro atoms. The molecular formula is C24H27FN4O5S. The molecule has 1 saturated heterocycles.